The van der Waals surface area contributed by atoms with Crippen LogP contribution < -0.4 is 10.5 Å². The number of aryl methyl sites for hydroxylation is 3. The molecule has 19 heavy (non-hydrogen) atoms. The van der Waals surface area contributed by atoms with Crippen LogP contribution in [-0.2, 0) is 13.5 Å². The highest BCUT2D eigenvalue weighted by atomic mass is 16.5. The molecule has 2 heterocycles. The summed E-state index contributed by atoms with van der Waals surface area (Å²) in [5.74, 6) is 2.31. The molecule has 0 unspecified atom stereocenters. The zero-order valence-corrected chi connectivity index (χ0v) is 11.8. The van der Waals surface area contributed by atoms with Crippen LogP contribution in [0.1, 0.15) is 30.4 Å². The van der Waals surface area contributed by atoms with Crippen molar-refractivity contribution >= 4 is 5.82 Å². The van der Waals surface area contributed by atoms with Gasteiger partial charge >= 0.3 is 0 Å². The van der Waals surface area contributed by atoms with E-state index in [1.165, 1.54) is 0 Å². The lowest BCUT2D eigenvalue weighted by molar-refractivity contribution is 0.409. The van der Waals surface area contributed by atoms with Crippen molar-refractivity contribution in [3.8, 4) is 11.8 Å². The van der Waals surface area contributed by atoms with Crippen LogP contribution in [-0.4, -0.2) is 19.7 Å². The molecular weight excluding hydrogens is 242 g/mol. The van der Waals surface area contributed by atoms with Crippen molar-refractivity contribution in [2.45, 2.75) is 33.6 Å². The average molecular weight is 261 g/mol. The smallest absolute Gasteiger partial charge is 0.229 e. The minimum absolute atomic E-state index is 0.465. The summed E-state index contributed by atoms with van der Waals surface area (Å²) in [6.45, 7) is 5.84. The topological polar surface area (TPSA) is 78.9 Å². The van der Waals surface area contributed by atoms with Crippen LogP contribution >= 0.6 is 0 Å². The Balaban J connectivity index is 2.36. The highest BCUT2D eigenvalue weighted by molar-refractivity contribution is 5.45. The summed E-state index contributed by atoms with van der Waals surface area (Å²) in [5, 5.41) is 4.24. The summed E-state index contributed by atoms with van der Waals surface area (Å²) < 4.78 is 7.47. The van der Waals surface area contributed by atoms with Gasteiger partial charge in [-0.25, -0.2) is 9.67 Å². The van der Waals surface area contributed by atoms with Gasteiger partial charge in [0, 0.05) is 19.5 Å². The largest absolute Gasteiger partial charge is 0.420 e. The number of aromatic nitrogens is 4. The Morgan fingerprint density at radius 1 is 1.32 bits per heavy atom. The summed E-state index contributed by atoms with van der Waals surface area (Å²) in [6.07, 6.45) is 1.75. The van der Waals surface area contributed by atoms with Crippen molar-refractivity contribution < 1.29 is 4.74 Å². The number of ether oxygens (including phenoxy) is 1. The Kier molecular flexibility index (Phi) is 3.69. The molecule has 2 N–H and O–H groups in total. The zero-order chi connectivity index (χ0) is 14.0. The van der Waals surface area contributed by atoms with Gasteiger partial charge in [-0.3, -0.25) is 0 Å². The number of hydrogen-bond donors (Lipinski definition) is 1. The summed E-state index contributed by atoms with van der Waals surface area (Å²) in [6, 6.07) is 1.86. The molecule has 0 atom stereocenters. The molecule has 0 saturated carbocycles. The van der Waals surface area contributed by atoms with Crippen LogP contribution in [0, 0.1) is 13.8 Å². The van der Waals surface area contributed by atoms with Gasteiger partial charge in [-0.05, 0) is 20.3 Å². The number of nitrogens with zero attached hydrogens (tertiary/aromatic N) is 4. The Labute approximate surface area is 112 Å². The van der Waals surface area contributed by atoms with Gasteiger partial charge in [-0.1, -0.05) is 6.92 Å². The Morgan fingerprint density at radius 2 is 2.05 bits per heavy atom. The van der Waals surface area contributed by atoms with Crippen LogP contribution in [0.5, 0.6) is 11.8 Å². The molecule has 6 nitrogen and oxygen atoms in total. The SMILES string of the molecule is CCCc1nc(N)c(C)c(Oc2cc(C)nn2C)n1. The normalized spacial score (nSPS) is 10.7. The Bertz CT molecular complexity index is 591. The molecule has 0 amide bonds. The molecule has 2 aromatic heterocycles. The molecule has 2 aromatic rings. The fourth-order valence-electron chi connectivity index (χ4n) is 1.77. The number of rotatable bonds is 4. The molecule has 102 valence electrons. The third kappa shape index (κ3) is 2.83. The predicted octanol–water partition coefficient (Wildman–Crippen LogP) is 2.15. The van der Waals surface area contributed by atoms with E-state index < -0.39 is 0 Å². The lowest BCUT2D eigenvalue weighted by Crippen LogP contribution is -2.06. The quantitative estimate of drug-likeness (QED) is 0.912. The van der Waals surface area contributed by atoms with Crippen molar-refractivity contribution in [3.05, 3.63) is 23.1 Å². The number of nitrogens with two attached hydrogens (primary N) is 1. The van der Waals surface area contributed by atoms with Crippen molar-refractivity contribution in [1.82, 2.24) is 19.7 Å². The summed E-state index contributed by atoms with van der Waals surface area (Å²) >= 11 is 0. The fraction of sp³-hybridized carbons (Fsp3) is 0.462. The van der Waals surface area contributed by atoms with E-state index in [0.717, 1.165) is 24.1 Å². The molecule has 0 aliphatic rings. The van der Waals surface area contributed by atoms with Crippen LogP contribution in [0.2, 0.25) is 0 Å². The summed E-state index contributed by atoms with van der Waals surface area (Å²) in [7, 11) is 1.83. The second-order valence-corrected chi connectivity index (χ2v) is 4.55. The fourth-order valence-corrected chi connectivity index (χ4v) is 1.77. The van der Waals surface area contributed by atoms with Crippen molar-refractivity contribution in [2.75, 3.05) is 5.73 Å². The minimum Gasteiger partial charge on any atom is -0.420 e. The highest BCUT2D eigenvalue weighted by Gasteiger charge is 2.12. The molecule has 0 bridgehead atoms. The molecule has 0 aliphatic carbocycles. The molecular formula is C13H19N5O. The van der Waals surface area contributed by atoms with Crippen molar-refractivity contribution in [3.63, 3.8) is 0 Å². The van der Waals surface area contributed by atoms with E-state index in [9.17, 15) is 0 Å². The predicted molar refractivity (Wildman–Crippen MR) is 73.2 cm³/mol. The second-order valence-electron chi connectivity index (χ2n) is 4.55. The van der Waals surface area contributed by atoms with Gasteiger partial charge in [0.2, 0.25) is 11.8 Å². The molecule has 0 saturated heterocycles. The van der Waals surface area contributed by atoms with Gasteiger partial charge in [-0.15, -0.1) is 0 Å². The monoisotopic (exact) mass is 261 g/mol. The molecule has 0 spiro atoms. The molecule has 0 aliphatic heterocycles. The van der Waals surface area contributed by atoms with Gasteiger partial charge in [0.15, 0.2) is 0 Å². The molecule has 2 rings (SSSR count). The second kappa shape index (κ2) is 5.26. The van der Waals surface area contributed by atoms with E-state index in [1.54, 1.807) is 4.68 Å². The Hall–Kier alpha value is -2.11. The van der Waals surface area contributed by atoms with Crippen LogP contribution in [0.4, 0.5) is 5.82 Å². The van der Waals surface area contributed by atoms with E-state index in [-0.39, 0.29) is 0 Å². The van der Waals surface area contributed by atoms with E-state index >= 15 is 0 Å². The third-order valence-electron chi connectivity index (χ3n) is 2.82. The number of hydrogen-bond acceptors (Lipinski definition) is 5. The number of anilines is 1. The van der Waals surface area contributed by atoms with Crippen LogP contribution in [0.15, 0.2) is 6.07 Å². The van der Waals surface area contributed by atoms with Gasteiger partial charge < -0.3 is 10.5 Å². The first kappa shape index (κ1) is 13.3. The third-order valence-corrected chi connectivity index (χ3v) is 2.82. The maximum atomic E-state index is 5.90. The molecule has 0 radical (unpaired) electrons. The standard InChI is InChI=1S/C13H19N5O/c1-5-6-10-15-12(14)9(3)13(16-10)19-11-7-8(2)17-18(11)4/h7H,5-6H2,1-4H3,(H2,14,15,16). The molecule has 0 aromatic carbocycles. The number of nitrogen functional groups attached to an aromatic ring is 1. The lowest BCUT2D eigenvalue weighted by atomic mass is 10.3. The first-order valence-electron chi connectivity index (χ1n) is 6.32. The summed E-state index contributed by atoms with van der Waals surface area (Å²) in [5.41, 5.74) is 7.54. The van der Waals surface area contributed by atoms with E-state index in [4.69, 9.17) is 10.5 Å². The van der Waals surface area contributed by atoms with Crippen LogP contribution in [0.3, 0.4) is 0 Å². The zero-order valence-electron chi connectivity index (χ0n) is 11.8. The maximum absolute atomic E-state index is 5.90. The average Bonchev–Trinajstić information content (AvgIpc) is 2.64. The first-order valence-corrected chi connectivity index (χ1v) is 6.32. The van der Waals surface area contributed by atoms with Gasteiger partial charge in [0.25, 0.3) is 0 Å². The Morgan fingerprint density at radius 3 is 2.63 bits per heavy atom. The highest BCUT2D eigenvalue weighted by Crippen LogP contribution is 2.26. The molecule has 6 heteroatoms. The van der Waals surface area contributed by atoms with Gasteiger partial charge in [-0.2, -0.15) is 10.1 Å². The lowest BCUT2D eigenvalue weighted by Gasteiger charge is -2.10. The first-order chi connectivity index (χ1) is 9.01. The molecule has 0 fully saturated rings. The van der Waals surface area contributed by atoms with Gasteiger partial charge in [0.05, 0.1) is 11.3 Å². The van der Waals surface area contributed by atoms with E-state index in [1.807, 2.05) is 27.0 Å². The van der Waals surface area contributed by atoms with Crippen molar-refractivity contribution in [2.24, 2.45) is 7.05 Å². The van der Waals surface area contributed by atoms with E-state index in [0.29, 0.717) is 23.4 Å². The van der Waals surface area contributed by atoms with Crippen LogP contribution in [0.25, 0.3) is 0 Å². The summed E-state index contributed by atoms with van der Waals surface area (Å²) in [4.78, 5) is 8.67. The van der Waals surface area contributed by atoms with E-state index in [2.05, 4.69) is 22.0 Å². The minimum atomic E-state index is 0.465. The van der Waals surface area contributed by atoms with Gasteiger partial charge in [0.1, 0.15) is 11.6 Å². The maximum Gasteiger partial charge on any atom is 0.229 e. The van der Waals surface area contributed by atoms with Crippen molar-refractivity contribution in [1.29, 1.82) is 0 Å².